The summed E-state index contributed by atoms with van der Waals surface area (Å²) < 4.78 is 19.3. The molecule has 0 amide bonds. The molecular weight excluding hydrogens is 364 g/mol. The number of nitrogens with one attached hydrogen (secondary N) is 1. The van der Waals surface area contributed by atoms with E-state index in [4.69, 9.17) is 14.2 Å². The Morgan fingerprint density at radius 3 is 2.66 bits per heavy atom. The molecule has 5 heteroatoms. The number of rotatable bonds is 0. The molecule has 1 spiro atoms. The first-order valence-electron chi connectivity index (χ1n) is 12.6. The Bertz CT molecular complexity index is 530. The van der Waals surface area contributed by atoms with Crippen LogP contribution < -0.4 is 5.32 Å². The minimum Gasteiger partial charge on any atom is -0.378 e. The van der Waals surface area contributed by atoms with Gasteiger partial charge in [0, 0.05) is 19.6 Å². The summed E-state index contributed by atoms with van der Waals surface area (Å²) in [6.07, 6.45) is 14.2. The molecule has 0 aromatic rings. The second kappa shape index (κ2) is 9.12. The molecule has 1 N–H and O–H groups in total. The molecule has 29 heavy (non-hydrogen) atoms. The highest BCUT2D eigenvalue weighted by Crippen LogP contribution is 2.41. The molecule has 6 aliphatic rings. The van der Waals surface area contributed by atoms with E-state index in [1.54, 1.807) is 0 Å². The zero-order chi connectivity index (χ0) is 19.7. The SMILES string of the molecule is C[C@@H]1CCN2CC[C@@]3(COCCN3)[C@@H]2COC2CCC(CC2)C2CCCCC2O1. The molecule has 2 unspecified atom stereocenters. The predicted octanol–water partition coefficient (Wildman–Crippen LogP) is 3.36. The van der Waals surface area contributed by atoms with Crippen LogP contribution in [-0.4, -0.2) is 74.2 Å². The maximum absolute atomic E-state index is 6.74. The van der Waals surface area contributed by atoms with Crippen LogP contribution in [-0.2, 0) is 14.2 Å². The lowest BCUT2D eigenvalue weighted by atomic mass is 9.71. The summed E-state index contributed by atoms with van der Waals surface area (Å²) in [5, 5.41) is 3.84. The third-order valence-electron chi connectivity index (χ3n) is 8.80. The van der Waals surface area contributed by atoms with Crippen molar-refractivity contribution in [1.82, 2.24) is 10.2 Å². The van der Waals surface area contributed by atoms with Gasteiger partial charge in [-0.3, -0.25) is 4.90 Å². The maximum atomic E-state index is 6.74. The topological polar surface area (TPSA) is 43.0 Å². The Morgan fingerprint density at radius 1 is 0.966 bits per heavy atom. The Hall–Kier alpha value is -0.200. The van der Waals surface area contributed by atoms with Gasteiger partial charge in [0.1, 0.15) is 0 Å². The van der Waals surface area contributed by atoms with Crippen molar-refractivity contribution in [2.45, 2.75) is 101 Å². The highest BCUT2D eigenvalue weighted by molar-refractivity contribution is 5.07. The Kier molecular flexibility index (Phi) is 6.50. The Labute approximate surface area is 177 Å². The monoisotopic (exact) mass is 406 g/mol. The molecule has 5 atom stereocenters. The second-order valence-electron chi connectivity index (χ2n) is 10.5. The van der Waals surface area contributed by atoms with E-state index in [1.807, 2.05) is 0 Å². The Morgan fingerprint density at radius 2 is 1.83 bits per heavy atom. The molecule has 4 heterocycles. The minimum atomic E-state index is 0.0884. The largest absolute Gasteiger partial charge is 0.378 e. The van der Waals surface area contributed by atoms with Crippen LogP contribution in [0.4, 0.5) is 0 Å². The van der Waals surface area contributed by atoms with Crippen LogP contribution in [0, 0.1) is 11.8 Å². The van der Waals surface area contributed by atoms with Gasteiger partial charge in [-0.25, -0.2) is 0 Å². The normalized spacial score (nSPS) is 47.5. The van der Waals surface area contributed by atoms with Gasteiger partial charge >= 0.3 is 0 Å². The van der Waals surface area contributed by atoms with Gasteiger partial charge in [0.05, 0.1) is 49.7 Å². The molecule has 6 rings (SSSR count). The van der Waals surface area contributed by atoms with Gasteiger partial charge in [0.2, 0.25) is 0 Å². The number of hydrogen-bond acceptors (Lipinski definition) is 5. The number of morpholine rings is 1. The first-order chi connectivity index (χ1) is 14.2. The van der Waals surface area contributed by atoms with Gasteiger partial charge in [0.25, 0.3) is 0 Å². The summed E-state index contributed by atoms with van der Waals surface area (Å²) in [6, 6.07) is 0.429. The standard InChI is InChI=1S/C24H42N2O3/c1-18-10-13-26-14-11-24(17-27-15-12-25-24)23(26)16-28-20-8-6-19(7-9-20)21-4-2-3-5-22(21)29-18/h18-23,25H,2-17H2,1H3/t18-,19?,20?,21?,22?,23+,24-/m1/s1. The van der Waals surface area contributed by atoms with Crippen molar-refractivity contribution in [2.75, 3.05) is 39.5 Å². The third-order valence-corrected chi connectivity index (χ3v) is 8.80. The van der Waals surface area contributed by atoms with Gasteiger partial charge in [-0.05, 0) is 70.1 Å². The van der Waals surface area contributed by atoms with E-state index >= 15 is 0 Å². The van der Waals surface area contributed by atoms with Crippen LogP contribution in [0.2, 0.25) is 0 Å². The third kappa shape index (κ3) is 4.41. The molecule has 5 nitrogen and oxygen atoms in total. The molecule has 4 aliphatic heterocycles. The highest BCUT2D eigenvalue weighted by atomic mass is 16.5. The minimum absolute atomic E-state index is 0.0884. The fraction of sp³-hybridized carbons (Fsp3) is 1.00. The van der Waals surface area contributed by atoms with Crippen molar-refractivity contribution in [2.24, 2.45) is 11.8 Å². The van der Waals surface area contributed by atoms with Gasteiger partial charge in [0.15, 0.2) is 0 Å². The van der Waals surface area contributed by atoms with Gasteiger partial charge in [-0.15, -0.1) is 0 Å². The first-order valence-corrected chi connectivity index (χ1v) is 12.6. The van der Waals surface area contributed by atoms with Gasteiger partial charge < -0.3 is 19.5 Å². The van der Waals surface area contributed by atoms with E-state index in [9.17, 15) is 0 Å². The molecule has 0 aromatic carbocycles. The van der Waals surface area contributed by atoms with E-state index in [0.717, 1.165) is 57.7 Å². The van der Waals surface area contributed by atoms with Crippen molar-refractivity contribution < 1.29 is 14.2 Å². The van der Waals surface area contributed by atoms with Crippen LogP contribution in [0.3, 0.4) is 0 Å². The second-order valence-corrected chi connectivity index (χ2v) is 10.5. The van der Waals surface area contributed by atoms with Crippen LogP contribution in [0.5, 0.6) is 0 Å². The zero-order valence-electron chi connectivity index (χ0n) is 18.4. The summed E-state index contributed by atoms with van der Waals surface area (Å²) in [7, 11) is 0. The molecule has 0 aromatic heterocycles. The lowest BCUT2D eigenvalue weighted by Crippen LogP contribution is -2.63. The van der Waals surface area contributed by atoms with E-state index < -0.39 is 0 Å². The van der Waals surface area contributed by atoms with E-state index in [0.29, 0.717) is 24.4 Å². The first kappa shape index (κ1) is 20.7. The fourth-order valence-electron chi connectivity index (χ4n) is 7.06. The molecule has 166 valence electrons. The quantitative estimate of drug-likeness (QED) is 0.668. The van der Waals surface area contributed by atoms with E-state index in [2.05, 4.69) is 17.1 Å². The van der Waals surface area contributed by atoms with Crippen LogP contribution >= 0.6 is 0 Å². The van der Waals surface area contributed by atoms with Crippen LogP contribution in [0.15, 0.2) is 0 Å². The summed E-state index contributed by atoms with van der Waals surface area (Å²) in [5.41, 5.74) is 0.0884. The molecular formula is C24H42N2O3. The van der Waals surface area contributed by atoms with Crippen molar-refractivity contribution in [3.8, 4) is 0 Å². The summed E-state index contributed by atoms with van der Waals surface area (Å²) in [4.78, 5) is 2.68. The fourth-order valence-corrected chi connectivity index (χ4v) is 7.06. The van der Waals surface area contributed by atoms with E-state index in [-0.39, 0.29) is 5.54 Å². The van der Waals surface area contributed by atoms with Gasteiger partial charge in [-0.1, -0.05) is 12.8 Å². The average Bonchev–Trinajstić information content (AvgIpc) is 3.08. The lowest BCUT2D eigenvalue weighted by molar-refractivity contribution is -0.0948. The summed E-state index contributed by atoms with van der Waals surface area (Å²) in [5.74, 6) is 1.65. The number of nitrogens with zero attached hydrogens (tertiary/aromatic N) is 1. The molecule has 0 radical (unpaired) electrons. The average molecular weight is 407 g/mol. The maximum Gasteiger partial charge on any atom is 0.0665 e. The van der Waals surface area contributed by atoms with Crippen LogP contribution in [0.1, 0.15) is 71.1 Å². The molecule has 2 aliphatic carbocycles. The van der Waals surface area contributed by atoms with Crippen molar-refractivity contribution in [1.29, 1.82) is 0 Å². The smallest absolute Gasteiger partial charge is 0.0665 e. The summed E-state index contributed by atoms with van der Waals surface area (Å²) in [6.45, 7) is 8.08. The summed E-state index contributed by atoms with van der Waals surface area (Å²) >= 11 is 0. The number of ether oxygens (including phenoxy) is 3. The molecule has 2 saturated carbocycles. The zero-order valence-corrected chi connectivity index (χ0v) is 18.4. The van der Waals surface area contributed by atoms with Gasteiger partial charge in [-0.2, -0.15) is 0 Å². The van der Waals surface area contributed by atoms with Crippen LogP contribution in [0.25, 0.3) is 0 Å². The molecule has 4 saturated heterocycles. The molecule has 6 fully saturated rings. The lowest BCUT2D eigenvalue weighted by Gasteiger charge is -2.44. The van der Waals surface area contributed by atoms with Crippen molar-refractivity contribution in [3.05, 3.63) is 0 Å². The van der Waals surface area contributed by atoms with E-state index in [1.165, 1.54) is 57.8 Å². The Balaban J connectivity index is 1.32. The van der Waals surface area contributed by atoms with Crippen molar-refractivity contribution in [3.63, 3.8) is 0 Å². The van der Waals surface area contributed by atoms with Crippen molar-refractivity contribution >= 4 is 0 Å². The number of hydrogen-bond donors (Lipinski definition) is 1. The predicted molar refractivity (Wildman–Crippen MR) is 114 cm³/mol. The number of fused-ring (bicyclic) bond motifs is 6. The highest BCUT2D eigenvalue weighted by Gasteiger charge is 2.49. The molecule has 2 bridgehead atoms.